The Kier molecular flexibility index (Phi) is 4.95. The van der Waals surface area contributed by atoms with Crippen molar-refractivity contribution in [1.29, 1.82) is 0 Å². The summed E-state index contributed by atoms with van der Waals surface area (Å²) in [4.78, 5) is 15.1. The molecule has 5 rings (SSSR count). The number of nitrogens with zero attached hydrogens (tertiary/aromatic N) is 3. The molecule has 3 aromatic rings. The number of H-pyrrole nitrogens is 1. The first-order valence-corrected chi connectivity index (χ1v) is 11.0. The van der Waals surface area contributed by atoms with Gasteiger partial charge in [-0.1, -0.05) is 0 Å². The molecule has 27 heavy (non-hydrogen) atoms. The summed E-state index contributed by atoms with van der Waals surface area (Å²) in [6, 6.07) is 3.08. The second-order valence-electron chi connectivity index (χ2n) is 7.75. The van der Waals surface area contributed by atoms with Gasteiger partial charge in [-0.25, -0.2) is 9.97 Å². The highest BCUT2D eigenvalue weighted by atomic mass is 32.1. The molecular formula is C21H26N4OS. The zero-order valence-corrected chi connectivity index (χ0v) is 16.4. The van der Waals surface area contributed by atoms with Gasteiger partial charge in [-0.05, 0) is 49.7 Å². The van der Waals surface area contributed by atoms with Crippen LogP contribution in [0.5, 0.6) is 0 Å². The highest BCUT2D eigenvalue weighted by molar-refractivity contribution is 7.07. The van der Waals surface area contributed by atoms with Gasteiger partial charge in [-0.15, -0.1) is 11.3 Å². The zero-order chi connectivity index (χ0) is 18.1. The molecule has 0 aromatic carbocycles. The summed E-state index contributed by atoms with van der Waals surface area (Å²) >= 11 is 1.63. The molecule has 1 saturated carbocycles. The lowest BCUT2D eigenvalue weighted by molar-refractivity contribution is 0.118. The summed E-state index contributed by atoms with van der Waals surface area (Å²) in [6.45, 7) is 4.12. The molecule has 2 aliphatic rings. The molecule has 0 bridgehead atoms. The standard InChI is InChI=1S/C21H26N4OS/c1-6-25(7-9-26-8-1)17-4-2-15(3-5-17)16-10-18-19(20-13-27-14-24-20)12-23-21(18)22-11-16/h10-15,17H,1-9H2,(H,22,23)/t15-,17-. The monoisotopic (exact) mass is 382 g/mol. The average molecular weight is 383 g/mol. The van der Waals surface area contributed by atoms with Crippen LogP contribution >= 0.6 is 11.3 Å². The third-order valence-corrected chi connectivity index (χ3v) is 6.79. The van der Waals surface area contributed by atoms with Crippen molar-refractivity contribution in [2.45, 2.75) is 44.1 Å². The van der Waals surface area contributed by atoms with E-state index in [0.29, 0.717) is 5.92 Å². The Morgan fingerprint density at radius 3 is 2.89 bits per heavy atom. The largest absolute Gasteiger partial charge is 0.380 e. The Labute approximate surface area is 163 Å². The molecule has 1 aliphatic carbocycles. The van der Waals surface area contributed by atoms with Gasteiger partial charge in [-0.2, -0.15) is 0 Å². The van der Waals surface area contributed by atoms with Crippen molar-refractivity contribution in [3.63, 3.8) is 0 Å². The predicted octanol–water partition coefficient (Wildman–Crippen LogP) is 4.43. The topological polar surface area (TPSA) is 54.0 Å². The van der Waals surface area contributed by atoms with Gasteiger partial charge in [0.15, 0.2) is 0 Å². The second-order valence-corrected chi connectivity index (χ2v) is 8.47. The van der Waals surface area contributed by atoms with Gasteiger partial charge in [0.1, 0.15) is 5.65 Å². The van der Waals surface area contributed by atoms with E-state index in [1.807, 2.05) is 11.7 Å². The van der Waals surface area contributed by atoms with Crippen molar-refractivity contribution in [3.05, 3.63) is 34.9 Å². The van der Waals surface area contributed by atoms with E-state index in [1.54, 1.807) is 11.3 Å². The molecule has 1 saturated heterocycles. The van der Waals surface area contributed by atoms with Crippen LogP contribution < -0.4 is 0 Å². The Balaban J connectivity index is 1.32. The van der Waals surface area contributed by atoms with E-state index in [4.69, 9.17) is 9.72 Å². The summed E-state index contributed by atoms with van der Waals surface area (Å²) in [6.07, 6.45) is 10.4. The summed E-state index contributed by atoms with van der Waals surface area (Å²) < 4.78 is 5.62. The van der Waals surface area contributed by atoms with Crippen molar-refractivity contribution in [2.75, 3.05) is 26.3 Å². The minimum absolute atomic E-state index is 0.625. The van der Waals surface area contributed by atoms with Crippen molar-refractivity contribution in [1.82, 2.24) is 19.9 Å². The van der Waals surface area contributed by atoms with Crippen LogP contribution in [0.1, 0.15) is 43.6 Å². The van der Waals surface area contributed by atoms with Crippen LogP contribution in [-0.2, 0) is 4.74 Å². The Morgan fingerprint density at radius 1 is 1.11 bits per heavy atom. The minimum Gasteiger partial charge on any atom is -0.380 e. The number of pyridine rings is 1. The van der Waals surface area contributed by atoms with Gasteiger partial charge in [0.05, 0.1) is 17.8 Å². The number of thiazole rings is 1. The predicted molar refractivity (Wildman–Crippen MR) is 109 cm³/mol. The fraction of sp³-hybridized carbons (Fsp3) is 0.524. The molecule has 0 spiro atoms. The van der Waals surface area contributed by atoms with Crippen molar-refractivity contribution < 1.29 is 4.74 Å². The Bertz CT molecular complexity index is 875. The van der Waals surface area contributed by atoms with E-state index < -0.39 is 0 Å². The minimum atomic E-state index is 0.625. The van der Waals surface area contributed by atoms with Gasteiger partial charge in [-0.3, -0.25) is 4.90 Å². The van der Waals surface area contributed by atoms with Crippen LogP contribution in [0.2, 0.25) is 0 Å². The zero-order valence-electron chi connectivity index (χ0n) is 15.6. The molecule has 1 aliphatic heterocycles. The third-order valence-electron chi connectivity index (χ3n) is 6.20. The fourth-order valence-electron chi connectivity index (χ4n) is 4.71. The maximum absolute atomic E-state index is 5.62. The third kappa shape index (κ3) is 3.53. The first-order valence-electron chi connectivity index (χ1n) is 10.1. The highest BCUT2D eigenvalue weighted by Gasteiger charge is 2.27. The lowest BCUT2D eigenvalue weighted by Gasteiger charge is -2.36. The number of ether oxygens (including phenoxy) is 1. The number of aromatic amines is 1. The second kappa shape index (κ2) is 7.70. The van der Waals surface area contributed by atoms with Gasteiger partial charge in [0, 0.05) is 54.5 Å². The first kappa shape index (κ1) is 17.3. The van der Waals surface area contributed by atoms with Gasteiger partial charge >= 0.3 is 0 Å². The number of aromatic nitrogens is 3. The molecule has 4 heterocycles. The van der Waals surface area contributed by atoms with Crippen LogP contribution in [0.3, 0.4) is 0 Å². The molecular weight excluding hydrogens is 356 g/mol. The lowest BCUT2D eigenvalue weighted by atomic mass is 9.81. The van der Waals surface area contributed by atoms with E-state index in [2.05, 4.69) is 32.5 Å². The summed E-state index contributed by atoms with van der Waals surface area (Å²) in [5.41, 5.74) is 6.44. The Hall–Kier alpha value is -1.76. The fourth-order valence-corrected chi connectivity index (χ4v) is 5.26. The van der Waals surface area contributed by atoms with Gasteiger partial charge < -0.3 is 9.72 Å². The molecule has 0 amide bonds. The number of rotatable bonds is 3. The average Bonchev–Trinajstić information content (AvgIpc) is 3.30. The quantitative estimate of drug-likeness (QED) is 0.728. The van der Waals surface area contributed by atoms with E-state index >= 15 is 0 Å². The normalized spacial score (nSPS) is 24.9. The van der Waals surface area contributed by atoms with Crippen molar-refractivity contribution in [3.8, 4) is 11.3 Å². The summed E-state index contributed by atoms with van der Waals surface area (Å²) in [5.74, 6) is 0.625. The number of hydrogen-bond donors (Lipinski definition) is 1. The smallest absolute Gasteiger partial charge is 0.137 e. The van der Waals surface area contributed by atoms with Crippen LogP contribution in [0, 0.1) is 0 Å². The molecule has 5 nitrogen and oxygen atoms in total. The van der Waals surface area contributed by atoms with Crippen molar-refractivity contribution in [2.24, 2.45) is 0 Å². The van der Waals surface area contributed by atoms with E-state index in [0.717, 1.165) is 37.1 Å². The first-order chi connectivity index (χ1) is 13.4. The van der Waals surface area contributed by atoms with Gasteiger partial charge in [0.2, 0.25) is 0 Å². The van der Waals surface area contributed by atoms with E-state index in [1.165, 1.54) is 55.2 Å². The summed E-state index contributed by atoms with van der Waals surface area (Å²) in [5, 5.41) is 3.30. The van der Waals surface area contributed by atoms with Crippen LogP contribution in [0.4, 0.5) is 0 Å². The van der Waals surface area contributed by atoms with E-state index in [-0.39, 0.29) is 0 Å². The molecule has 2 fully saturated rings. The Morgan fingerprint density at radius 2 is 2.04 bits per heavy atom. The molecule has 6 heteroatoms. The number of fused-ring (bicyclic) bond motifs is 1. The molecule has 1 N–H and O–H groups in total. The molecule has 0 unspecified atom stereocenters. The van der Waals surface area contributed by atoms with Crippen LogP contribution in [-0.4, -0.2) is 52.2 Å². The summed E-state index contributed by atoms with van der Waals surface area (Å²) in [7, 11) is 0. The molecule has 142 valence electrons. The molecule has 3 aromatic heterocycles. The maximum atomic E-state index is 5.62. The molecule has 0 radical (unpaired) electrons. The van der Waals surface area contributed by atoms with Crippen LogP contribution in [0.15, 0.2) is 29.4 Å². The number of hydrogen-bond acceptors (Lipinski definition) is 5. The highest BCUT2D eigenvalue weighted by Crippen LogP contribution is 2.37. The van der Waals surface area contributed by atoms with Gasteiger partial charge in [0.25, 0.3) is 0 Å². The lowest BCUT2D eigenvalue weighted by Crippen LogP contribution is -2.39. The van der Waals surface area contributed by atoms with Crippen molar-refractivity contribution >= 4 is 22.4 Å². The SMILES string of the molecule is c1nc(-c2c[nH]c3ncc([C@H]4CC[C@H](N5CCCOCC5)CC4)cc23)cs1. The van der Waals surface area contributed by atoms with E-state index in [9.17, 15) is 0 Å². The molecule has 0 atom stereocenters. The van der Waals surface area contributed by atoms with Crippen LogP contribution in [0.25, 0.3) is 22.3 Å². The number of nitrogens with one attached hydrogen (secondary N) is 1. The maximum Gasteiger partial charge on any atom is 0.137 e.